The van der Waals surface area contributed by atoms with Gasteiger partial charge in [0.15, 0.2) is 5.76 Å². The van der Waals surface area contributed by atoms with Gasteiger partial charge in [-0.15, -0.1) is 11.3 Å². The Hall–Kier alpha value is -2.78. The fraction of sp³-hybridized carbons (Fsp3) is 0.385. The number of aromatic nitrogens is 2. The van der Waals surface area contributed by atoms with E-state index < -0.39 is 6.10 Å². The van der Waals surface area contributed by atoms with Gasteiger partial charge in [0.1, 0.15) is 18.5 Å². The summed E-state index contributed by atoms with van der Waals surface area (Å²) in [4.78, 5) is 9.17. The molecule has 1 saturated heterocycles. The number of β-amino-alcohol motifs (C(OH)–C–C–N with tert-alkyl or cyclic N) is 1. The van der Waals surface area contributed by atoms with Crippen molar-refractivity contribution in [1.29, 1.82) is 0 Å². The molecule has 1 atom stereocenters. The summed E-state index contributed by atoms with van der Waals surface area (Å²) < 4.78 is 12.5. The summed E-state index contributed by atoms with van der Waals surface area (Å²) in [5, 5.41) is 15.8. The second-order valence-corrected chi connectivity index (χ2v) is 10.2. The lowest BCUT2D eigenvalue weighted by atomic mass is 10.1. The molecule has 0 aliphatic carbocycles. The fourth-order valence-corrected chi connectivity index (χ4v) is 5.06. The standard InChI is InChI=1S/C26H30N4O3S/c1-18-3-5-20(6-4-18)25-13-21(28-33-25)15-29-9-11-30(12-10-29)16-22(31)17-32-23-7-8-26-24(14-23)27-19(2)34-26/h3-8,13-14,22,31H,9-12,15-17H2,1-2H3/t22-/m1/s1. The van der Waals surface area contributed by atoms with Crippen LogP contribution in [0.2, 0.25) is 0 Å². The van der Waals surface area contributed by atoms with Gasteiger partial charge in [0.05, 0.1) is 20.9 Å². The Labute approximate surface area is 203 Å². The number of ether oxygens (including phenoxy) is 1. The number of hydrogen-bond donors (Lipinski definition) is 1. The maximum atomic E-state index is 10.5. The summed E-state index contributed by atoms with van der Waals surface area (Å²) in [5.41, 5.74) is 4.17. The summed E-state index contributed by atoms with van der Waals surface area (Å²) in [6, 6.07) is 16.2. The smallest absolute Gasteiger partial charge is 0.167 e. The van der Waals surface area contributed by atoms with Gasteiger partial charge in [-0.25, -0.2) is 4.98 Å². The van der Waals surface area contributed by atoms with E-state index in [1.165, 1.54) is 5.56 Å². The number of piperazine rings is 1. The average Bonchev–Trinajstić information content (AvgIpc) is 3.44. The highest BCUT2D eigenvalue weighted by molar-refractivity contribution is 7.18. The summed E-state index contributed by atoms with van der Waals surface area (Å²) >= 11 is 1.67. The minimum atomic E-state index is -0.535. The van der Waals surface area contributed by atoms with Crippen LogP contribution in [-0.4, -0.2) is 70.5 Å². The molecule has 0 bridgehead atoms. The van der Waals surface area contributed by atoms with Crippen molar-refractivity contribution in [1.82, 2.24) is 19.9 Å². The topological polar surface area (TPSA) is 74.9 Å². The average molecular weight is 479 g/mol. The van der Waals surface area contributed by atoms with Crippen molar-refractivity contribution in [2.45, 2.75) is 26.5 Å². The van der Waals surface area contributed by atoms with Gasteiger partial charge in [0.2, 0.25) is 0 Å². The van der Waals surface area contributed by atoms with Crippen LogP contribution >= 0.6 is 11.3 Å². The van der Waals surface area contributed by atoms with Crippen molar-refractivity contribution in [2.24, 2.45) is 0 Å². The first kappa shape index (κ1) is 23.0. The van der Waals surface area contributed by atoms with Crippen molar-refractivity contribution in [3.63, 3.8) is 0 Å². The third-order valence-corrected chi connectivity index (χ3v) is 7.07. The molecule has 2 aromatic heterocycles. The first-order chi connectivity index (χ1) is 16.5. The van der Waals surface area contributed by atoms with E-state index in [9.17, 15) is 5.11 Å². The van der Waals surface area contributed by atoms with E-state index in [1.54, 1.807) is 11.3 Å². The summed E-state index contributed by atoms with van der Waals surface area (Å²) in [6.07, 6.45) is -0.535. The van der Waals surface area contributed by atoms with Crippen LogP contribution in [0.5, 0.6) is 5.75 Å². The van der Waals surface area contributed by atoms with Crippen molar-refractivity contribution < 1.29 is 14.4 Å². The molecular formula is C26H30N4O3S. The van der Waals surface area contributed by atoms with Gasteiger partial charge in [0.25, 0.3) is 0 Å². The van der Waals surface area contributed by atoms with Gasteiger partial charge in [-0.1, -0.05) is 35.0 Å². The number of nitrogens with zero attached hydrogens (tertiary/aromatic N) is 4. The SMILES string of the molecule is Cc1ccc(-c2cc(CN3CCN(C[C@@H](O)COc4ccc5sc(C)nc5c4)CC3)no2)cc1. The lowest BCUT2D eigenvalue weighted by Crippen LogP contribution is -2.48. The normalized spacial score (nSPS) is 16.2. The lowest BCUT2D eigenvalue weighted by molar-refractivity contribution is 0.0442. The predicted octanol–water partition coefficient (Wildman–Crippen LogP) is 4.13. The van der Waals surface area contributed by atoms with Gasteiger partial charge in [-0.3, -0.25) is 9.80 Å². The molecule has 0 saturated carbocycles. The molecule has 7 nitrogen and oxygen atoms in total. The van der Waals surface area contributed by atoms with Gasteiger partial charge in [-0.05, 0) is 26.0 Å². The van der Waals surface area contributed by atoms with E-state index in [0.29, 0.717) is 6.54 Å². The van der Waals surface area contributed by atoms with Crippen molar-refractivity contribution in [2.75, 3.05) is 39.3 Å². The van der Waals surface area contributed by atoms with Crippen molar-refractivity contribution in [3.05, 3.63) is 64.8 Å². The molecular weight excluding hydrogens is 448 g/mol. The van der Waals surface area contributed by atoms with Crippen LogP contribution in [0.3, 0.4) is 0 Å². The summed E-state index contributed by atoms with van der Waals surface area (Å²) in [7, 11) is 0. The van der Waals surface area contributed by atoms with Crippen LogP contribution in [0, 0.1) is 13.8 Å². The maximum absolute atomic E-state index is 10.5. The van der Waals surface area contributed by atoms with Gasteiger partial charge < -0.3 is 14.4 Å². The largest absolute Gasteiger partial charge is 0.491 e. The Morgan fingerprint density at radius 3 is 2.59 bits per heavy atom. The van der Waals surface area contributed by atoms with E-state index in [-0.39, 0.29) is 6.61 Å². The molecule has 1 aliphatic rings. The number of aliphatic hydroxyl groups excluding tert-OH is 1. The Balaban J connectivity index is 1.05. The van der Waals surface area contributed by atoms with E-state index in [2.05, 4.69) is 51.1 Å². The summed E-state index contributed by atoms with van der Waals surface area (Å²) in [6.45, 7) is 9.40. The zero-order chi connectivity index (χ0) is 23.5. The second kappa shape index (κ2) is 10.2. The highest BCUT2D eigenvalue weighted by Gasteiger charge is 2.21. The number of benzene rings is 2. The maximum Gasteiger partial charge on any atom is 0.167 e. The summed E-state index contributed by atoms with van der Waals surface area (Å²) in [5.74, 6) is 1.56. The van der Waals surface area contributed by atoms with Crippen LogP contribution in [0.25, 0.3) is 21.5 Å². The van der Waals surface area contributed by atoms with Gasteiger partial charge >= 0.3 is 0 Å². The quantitative estimate of drug-likeness (QED) is 0.408. The third-order valence-electron chi connectivity index (χ3n) is 6.12. The highest BCUT2D eigenvalue weighted by Crippen LogP contribution is 2.26. The first-order valence-electron chi connectivity index (χ1n) is 11.7. The molecule has 0 unspecified atom stereocenters. The second-order valence-electron chi connectivity index (χ2n) is 8.95. The third kappa shape index (κ3) is 5.64. The zero-order valence-electron chi connectivity index (χ0n) is 19.6. The predicted molar refractivity (Wildman–Crippen MR) is 134 cm³/mol. The molecule has 0 amide bonds. The molecule has 0 radical (unpaired) electrons. The molecule has 4 aromatic rings. The number of thiazole rings is 1. The van der Waals surface area contributed by atoms with Crippen LogP contribution in [0.4, 0.5) is 0 Å². The molecule has 3 heterocycles. The molecule has 1 aliphatic heterocycles. The Bertz CT molecular complexity index is 1230. The van der Waals surface area contributed by atoms with Crippen LogP contribution < -0.4 is 4.74 Å². The molecule has 2 aromatic carbocycles. The Morgan fingerprint density at radius 2 is 1.79 bits per heavy atom. The van der Waals surface area contributed by atoms with E-state index in [1.807, 2.05) is 31.2 Å². The Morgan fingerprint density at radius 1 is 1.03 bits per heavy atom. The van der Waals surface area contributed by atoms with Crippen molar-refractivity contribution >= 4 is 21.6 Å². The number of aryl methyl sites for hydroxylation is 2. The molecule has 34 heavy (non-hydrogen) atoms. The molecule has 5 rings (SSSR count). The Kier molecular flexibility index (Phi) is 6.92. The zero-order valence-corrected chi connectivity index (χ0v) is 20.4. The number of rotatable bonds is 8. The minimum Gasteiger partial charge on any atom is -0.491 e. The lowest BCUT2D eigenvalue weighted by Gasteiger charge is -2.35. The molecule has 178 valence electrons. The highest BCUT2D eigenvalue weighted by atomic mass is 32.1. The number of fused-ring (bicyclic) bond motifs is 1. The first-order valence-corrected chi connectivity index (χ1v) is 12.5. The molecule has 8 heteroatoms. The van der Waals surface area contributed by atoms with Gasteiger partial charge in [-0.2, -0.15) is 0 Å². The van der Waals surface area contributed by atoms with Crippen LogP contribution in [0.15, 0.2) is 53.1 Å². The number of hydrogen-bond acceptors (Lipinski definition) is 8. The van der Waals surface area contributed by atoms with Crippen LogP contribution in [-0.2, 0) is 6.54 Å². The van der Waals surface area contributed by atoms with E-state index in [0.717, 1.165) is 70.7 Å². The minimum absolute atomic E-state index is 0.273. The van der Waals surface area contributed by atoms with Gasteiger partial charge in [0, 0.05) is 57.0 Å². The van der Waals surface area contributed by atoms with E-state index >= 15 is 0 Å². The van der Waals surface area contributed by atoms with Crippen molar-refractivity contribution in [3.8, 4) is 17.1 Å². The molecule has 1 fully saturated rings. The monoisotopic (exact) mass is 478 g/mol. The molecule has 1 N–H and O–H groups in total. The van der Waals surface area contributed by atoms with Crippen LogP contribution in [0.1, 0.15) is 16.3 Å². The molecule has 0 spiro atoms. The number of aliphatic hydroxyl groups is 1. The van der Waals surface area contributed by atoms with E-state index in [4.69, 9.17) is 9.26 Å². The fourth-order valence-electron chi connectivity index (χ4n) is 4.25.